The van der Waals surface area contributed by atoms with Crippen LogP contribution >= 0.6 is 0 Å². The first-order chi connectivity index (χ1) is 49.9. The van der Waals surface area contributed by atoms with Crippen LogP contribution in [-0.4, -0.2) is 290 Å². The first-order valence-corrected chi connectivity index (χ1v) is 38.7. The Morgan fingerprint density at radius 2 is 1.33 bits per heavy atom. The molecule has 3 aliphatic heterocycles. The second-order valence-corrected chi connectivity index (χ2v) is 33.9. The number of carbonyl (C=O) groups excluding carboxylic acids is 12. The highest BCUT2D eigenvalue weighted by atomic mass is 19.4. The summed E-state index contributed by atoms with van der Waals surface area (Å²) in [5, 5.41) is 8.71. The first kappa shape index (κ1) is 88.9. The van der Waals surface area contributed by atoms with E-state index in [4.69, 9.17) is 9.47 Å². The molecule has 5 fully saturated rings. The highest BCUT2D eigenvalue weighted by Gasteiger charge is 2.59. The van der Waals surface area contributed by atoms with Gasteiger partial charge in [0, 0.05) is 89.6 Å². The maximum Gasteiger partial charge on any atom is 0.397 e. The number of ether oxygens (including phenoxy) is 2. The van der Waals surface area contributed by atoms with Gasteiger partial charge < -0.3 is 69.5 Å². The normalized spacial score (nSPS) is 31.7. The third kappa shape index (κ3) is 22.4. The number of fused-ring (bicyclic) bond motifs is 3. The van der Waals surface area contributed by atoms with E-state index in [1.807, 2.05) is 47.6 Å². The van der Waals surface area contributed by atoms with Crippen LogP contribution in [0.1, 0.15) is 191 Å². The van der Waals surface area contributed by atoms with Crippen molar-refractivity contribution in [2.45, 2.75) is 270 Å². The van der Waals surface area contributed by atoms with E-state index in [-0.39, 0.29) is 89.8 Å². The molecule has 3 aliphatic carbocycles. The molecule has 0 aromatic heterocycles. The van der Waals surface area contributed by atoms with Gasteiger partial charge in [0.2, 0.25) is 70.9 Å². The van der Waals surface area contributed by atoms with Gasteiger partial charge in [-0.3, -0.25) is 57.5 Å². The summed E-state index contributed by atoms with van der Waals surface area (Å²) >= 11 is 0. The van der Waals surface area contributed by atoms with Crippen LogP contribution in [-0.2, 0) is 67.0 Å². The highest BCUT2D eigenvalue weighted by molar-refractivity contribution is 6.01. The van der Waals surface area contributed by atoms with Gasteiger partial charge in [-0.25, -0.2) is 4.39 Å². The molecular formula is C77H126F4N12O14. The van der Waals surface area contributed by atoms with Crippen LogP contribution in [0.15, 0.2) is 12.2 Å². The van der Waals surface area contributed by atoms with Crippen molar-refractivity contribution in [3.8, 4) is 0 Å². The Balaban J connectivity index is 1.50. The highest BCUT2D eigenvalue weighted by Crippen LogP contribution is 2.50. The van der Waals surface area contributed by atoms with Crippen molar-refractivity contribution in [3.05, 3.63) is 12.2 Å². The van der Waals surface area contributed by atoms with Gasteiger partial charge in [-0.2, -0.15) is 13.2 Å². The van der Waals surface area contributed by atoms with Crippen molar-refractivity contribution in [1.82, 2.24) is 60.0 Å². The lowest BCUT2D eigenvalue weighted by Crippen LogP contribution is -2.71. The van der Waals surface area contributed by atoms with Crippen molar-refractivity contribution < 1.29 is 84.6 Å². The molecule has 2 bridgehead atoms. The number of halogens is 4. The number of likely N-dealkylation sites (N-methyl/N-ethyl adjacent to an activating group) is 7. The molecule has 6 aliphatic rings. The van der Waals surface area contributed by atoms with Gasteiger partial charge in [0.25, 0.3) is 0 Å². The lowest BCUT2D eigenvalue weighted by atomic mass is 9.58. The monoisotopic (exact) mass is 1520 g/mol. The molecule has 1 spiro atoms. The van der Waals surface area contributed by atoms with E-state index in [1.54, 1.807) is 26.8 Å². The van der Waals surface area contributed by atoms with Gasteiger partial charge in [0.15, 0.2) is 0 Å². The lowest BCUT2D eigenvalue weighted by molar-refractivity contribution is -0.233. The number of carbonyl (C=O) groups is 12. The summed E-state index contributed by atoms with van der Waals surface area (Å²) < 4.78 is 70.2. The largest absolute Gasteiger partial charge is 0.397 e. The van der Waals surface area contributed by atoms with E-state index in [1.165, 1.54) is 85.8 Å². The van der Waals surface area contributed by atoms with E-state index in [9.17, 15) is 41.9 Å². The number of rotatable bonds is 14. The third-order valence-corrected chi connectivity index (χ3v) is 23.3. The Labute approximate surface area is 631 Å². The summed E-state index contributed by atoms with van der Waals surface area (Å²) in [5.41, 5.74) is -2.97. The summed E-state index contributed by atoms with van der Waals surface area (Å²) in [6.45, 7) is 17.3. The van der Waals surface area contributed by atoms with Crippen LogP contribution in [0.2, 0.25) is 0 Å². The zero-order valence-corrected chi connectivity index (χ0v) is 67.1. The Kier molecular flexibility index (Phi) is 31.3. The molecule has 30 heteroatoms. The van der Waals surface area contributed by atoms with E-state index in [0.717, 1.165) is 47.5 Å². The number of alkyl halides is 4. The molecule has 6 rings (SSSR count). The van der Waals surface area contributed by atoms with Crippen LogP contribution in [0.4, 0.5) is 17.6 Å². The van der Waals surface area contributed by atoms with Crippen molar-refractivity contribution in [3.63, 3.8) is 0 Å². The average Bonchev–Trinajstić information content (AvgIpc) is 1.34. The molecular weight excluding hydrogens is 1390 g/mol. The molecule has 107 heavy (non-hydrogen) atoms. The molecule has 0 radical (unpaired) electrons. The van der Waals surface area contributed by atoms with Gasteiger partial charge in [-0.1, -0.05) is 113 Å². The number of amides is 12. The van der Waals surface area contributed by atoms with E-state index in [2.05, 4.69) is 22.9 Å². The van der Waals surface area contributed by atoms with Crippen LogP contribution in [0, 0.1) is 40.4 Å². The second kappa shape index (κ2) is 37.6. The second-order valence-electron chi connectivity index (χ2n) is 33.9. The fourth-order valence-corrected chi connectivity index (χ4v) is 17.0. The minimum atomic E-state index is -4.93. The van der Waals surface area contributed by atoms with Crippen LogP contribution in [0.3, 0.4) is 0 Å². The predicted molar refractivity (Wildman–Crippen MR) is 393 cm³/mol. The smallest absolute Gasteiger partial charge is 0.381 e. The summed E-state index contributed by atoms with van der Waals surface area (Å²) in [4.78, 5) is 193. The zero-order valence-electron chi connectivity index (χ0n) is 67.1. The van der Waals surface area contributed by atoms with Gasteiger partial charge in [0.1, 0.15) is 66.0 Å². The van der Waals surface area contributed by atoms with Crippen molar-refractivity contribution in [2.75, 3.05) is 96.3 Å². The quantitative estimate of drug-likeness (QED) is 0.130. The van der Waals surface area contributed by atoms with Crippen molar-refractivity contribution >= 4 is 70.9 Å². The molecule has 3 heterocycles. The number of hydrogen-bond acceptors (Lipinski definition) is 14. The molecule has 14 atom stereocenters. The van der Waals surface area contributed by atoms with Crippen LogP contribution < -0.4 is 16.0 Å². The summed E-state index contributed by atoms with van der Waals surface area (Å²) in [6, 6.07) is -10.6. The molecule has 0 aromatic carbocycles. The topological polar surface area (TPSA) is 289 Å². The Hall–Kier alpha value is -6.98. The number of nitrogens with zero attached hydrogens (tertiary/aromatic N) is 9. The van der Waals surface area contributed by atoms with E-state index in [0.29, 0.717) is 25.2 Å². The molecule has 3 N–H and O–H groups in total. The minimum absolute atomic E-state index is 0.00791. The molecule has 26 nitrogen and oxygen atoms in total. The molecule has 4 unspecified atom stereocenters. The Morgan fingerprint density at radius 1 is 0.692 bits per heavy atom. The molecule has 12 amide bonds. The number of methoxy groups -OCH3 is 1. The Morgan fingerprint density at radius 3 is 1.90 bits per heavy atom. The molecule has 2 saturated heterocycles. The average molecular weight is 1520 g/mol. The van der Waals surface area contributed by atoms with Gasteiger partial charge in [-0.05, 0) is 112 Å². The van der Waals surface area contributed by atoms with Gasteiger partial charge in [0.05, 0.1) is 31.7 Å². The fraction of sp³-hybridized carbons (Fsp3) is 0.818. The summed E-state index contributed by atoms with van der Waals surface area (Å²) in [6.07, 6.45) is -3.22. The standard InChI is InChI=1S/C77H126F4N12O14/c1-20-26-53-65(97)83-64(47(5)21-2)72(104)87(14)43-62(96)89(16)54-27-24-23-25-34-92(71(54)103)57(36-48-30-28-46(4)29-31-48)69(101)86(13)42-60(94)82-52(33-32-49-35-51(78)63(77(79,80)81)59(37-49)106-19)67(99)93-41-50(107-22-3)38-55(93)66(98)84-76(44-75(9,10)45-76)73(105)91(18)58(40-74(6,7)8)70(102)90(17)56(68(100)85(11)12)39-61(95)88(53)15/h23-24,46-59,63-64H,20-22,25-45H2,1-19H3,(H,82,94)(H,83,97)(H,84,98)/b24-23-/t46?,47-,48?,49?,50+,51?,52-,53-,54-,55-,56-,57-,58-,59?,63?,64-/m0/s1. The molecule has 0 aromatic rings. The van der Waals surface area contributed by atoms with E-state index >= 15 is 33.2 Å². The molecule has 3 saturated carbocycles. The predicted octanol–water partition coefficient (Wildman–Crippen LogP) is 6.12. The van der Waals surface area contributed by atoms with Crippen molar-refractivity contribution in [1.29, 1.82) is 0 Å². The lowest BCUT2D eigenvalue weighted by Gasteiger charge is -2.54. The Bertz CT molecular complexity index is 3190. The fourth-order valence-electron chi connectivity index (χ4n) is 17.0. The van der Waals surface area contributed by atoms with Crippen molar-refractivity contribution in [2.24, 2.45) is 40.4 Å². The van der Waals surface area contributed by atoms with E-state index < -0.39 is 204 Å². The SMILES string of the molecule is CCC[C@H]1C(=O)N[C@@H]([C@@H](C)CC)C(=O)N(C)CC(=O)N(C)[C@H]2C/C=C\CCN(C2=O)[C@@H](CC2CCC(C)CC2)C(=O)N(C)CC(=O)N[C@@H](CCC2CC(F)C(C(F)(F)F)C(OC)C2)C(=O)N2C[C@H](OCC)C[C@H]2C(=O)NC2(CC(C)(C)C2)C(=O)N(C)[C@@H](CC(C)(C)C)C(=O)N(C)[C@H](C(=O)N(C)C)CC(=O)N1C. The zero-order chi connectivity index (χ0) is 80.3. The van der Waals surface area contributed by atoms with Gasteiger partial charge in [-0.15, -0.1) is 0 Å². The minimum Gasteiger partial charge on any atom is -0.381 e. The maximum absolute atomic E-state index is 15.8. The maximum atomic E-state index is 15.8. The number of hydrogen-bond donors (Lipinski definition) is 3. The van der Waals surface area contributed by atoms with Gasteiger partial charge >= 0.3 is 6.18 Å². The molecule has 606 valence electrons. The summed E-state index contributed by atoms with van der Waals surface area (Å²) in [7, 11) is 12.4. The van der Waals surface area contributed by atoms with Crippen LogP contribution in [0.25, 0.3) is 0 Å². The summed E-state index contributed by atoms with van der Waals surface area (Å²) in [5.74, 6) is -11.8. The number of nitrogens with one attached hydrogen (secondary N) is 3. The van der Waals surface area contributed by atoms with Crippen LogP contribution in [0.5, 0.6) is 0 Å². The first-order valence-electron chi connectivity index (χ1n) is 38.7. The third-order valence-electron chi connectivity index (χ3n) is 23.3.